The predicted octanol–water partition coefficient (Wildman–Crippen LogP) is 0.824. The van der Waals surface area contributed by atoms with Gasteiger partial charge < -0.3 is 5.32 Å². The number of aromatic nitrogens is 2. The molecular weight excluding hydrogens is 226 g/mol. The summed E-state index contributed by atoms with van der Waals surface area (Å²) in [5.74, 6) is 0. The molecule has 18 heavy (non-hydrogen) atoms. The Morgan fingerprint density at radius 2 is 2.00 bits per heavy atom. The standard InChI is InChI=1S/C13H21N5/c1-2-7-17(8-3-1)18-9-6-15-11-13(18)12-10-14-4-5-16-12/h4-5,10,13,15H,1-3,6-9,11H2. The maximum atomic E-state index is 4.48. The Morgan fingerprint density at radius 1 is 1.11 bits per heavy atom. The summed E-state index contributed by atoms with van der Waals surface area (Å²) in [5, 5.41) is 8.48. The molecule has 3 rings (SSSR count). The lowest BCUT2D eigenvalue weighted by Crippen LogP contribution is -2.55. The molecule has 98 valence electrons. The van der Waals surface area contributed by atoms with Crippen molar-refractivity contribution in [1.82, 2.24) is 25.3 Å². The highest BCUT2D eigenvalue weighted by Gasteiger charge is 2.30. The van der Waals surface area contributed by atoms with E-state index in [-0.39, 0.29) is 0 Å². The van der Waals surface area contributed by atoms with Gasteiger partial charge in [0.15, 0.2) is 0 Å². The minimum Gasteiger partial charge on any atom is -0.313 e. The van der Waals surface area contributed by atoms with Gasteiger partial charge in [-0.05, 0) is 12.8 Å². The van der Waals surface area contributed by atoms with Crippen LogP contribution in [0.5, 0.6) is 0 Å². The summed E-state index contributed by atoms with van der Waals surface area (Å²) < 4.78 is 0. The molecule has 0 radical (unpaired) electrons. The first-order valence-corrected chi connectivity index (χ1v) is 6.93. The first-order valence-electron chi connectivity index (χ1n) is 6.93. The number of hydrazine groups is 1. The number of piperazine rings is 1. The molecule has 3 heterocycles. The molecule has 2 aliphatic heterocycles. The van der Waals surface area contributed by atoms with Crippen LogP contribution in [0.25, 0.3) is 0 Å². The summed E-state index contributed by atoms with van der Waals surface area (Å²) >= 11 is 0. The van der Waals surface area contributed by atoms with Crippen LogP contribution < -0.4 is 5.32 Å². The summed E-state index contributed by atoms with van der Waals surface area (Å²) in [6.07, 6.45) is 9.44. The predicted molar refractivity (Wildman–Crippen MR) is 69.8 cm³/mol. The van der Waals surface area contributed by atoms with E-state index in [0.29, 0.717) is 6.04 Å². The van der Waals surface area contributed by atoms with Gasteiger partial charge in [0.05, 0.1) is 17.9 Å². The maximum Gasteiger partial charge on any atom is 0.0807 e. The summed E-state index contributed by atoms with van der Waals surface area (Å²) in [5.41, 5.74) is 1.08. The van der Waals surface area contributed by atoms with Crippen LogP contribution in [0.4, 0.5) is 0 Å². The van der Waals surface area contributed by atoms with E-state index in [4.69, 9.17) is 0 Å². The van der Waals surface area contributed by atoms with Gasteiger partial charge >= 0.3 is 0 Å². The molecule has 0 amide bonds. The number of nitrogens with one attached hydrogen (secondary N) is 1. The molecule has 2 saturated heterocycles. The quantitative estimate of drug-likeness (QED) is 0.838. The van der Waals surface area contributed by atoms with Gasteiger partial charge in [-0.2, -0.15) is 0 Å². The third-order valence-corrected chi connectivity index (χ3v) is 3.84. The molecule has 0 spiro atoms. The van der Waals surface area contributed by atoms with E-state index in [1.807, 2.05) is 6.20 Å². The van der Waals surface area contributed by atoms with E-state index < -0.39 is 0 Å². The number of piperidine rings is 1. The molecule has 0 aromatic carbocycles. The molecule has 0 aliphatic carbocycles. The summed E-state index contributed by atoms with van der Waals surface area (Å²) in [7, 11) is 0. The molecule has 1 N–H and O–H groups in total. The third-order valence-electron chi connectivity index (χ3n) is 3.84. The Bertz CT molecular complexity index is 363. The Balaban J connectivity index is 1.77. The van der Waals surface area contributed by atoms with Gasteiger partial charge in [-0.1, -0.05) is 6.42 Å². The zero-order chi connectivity index (χ0) is 12.2. The Kier molecular flexibility index (Phi) is 3.83. The first-order chi connectivity index (χ1) is 8.95. The maximum absolute atomic E-state index is 4.48. The van der Waals surface area contributed by atoms with Crippen LogP contribution in [0.1, 0.15) is 31.0 Å². The smallest absolute Gasteiger partial charge is 0.0807 e. The van der Waals surface area contributed by atoms with E-state index in [0.717, 1.165) is 25.3 Å². The Hall–Kier alpha value is -1.04. The normalized spacial score (nSPS) is 27.2. The van der Waals surface area contributed by atoms with Crippen molar-refractivity contribution in [2.75, 3.05) is 32.7 Å². The van der Waals surface area contributed by atoms with Crippen LogP contribution in [0.2, 0.25) is 0 Å². The summed E-state index contributed by atoms with van der Waals surface area (Å²) in [6, 6.07) is 0.338. The lowest BCUT2D eigenvalue weighted by Gasteiger charge is -2.44. The number of nitrogens with zero attached hydrogens (tertiary/aromatic N) is 4. The summed E-state index contributed by atoms with van der Waals surface area (Å²) in [4.78, 5) is 8.68. The van der Waals surface area contributed by atoms with Crippen molar-refractivity contribution in [3.05, 3.63) is 24.3 Å². The van der Waals surface area contributed by atoms with Crippen molar-refractivity contribution in [3.8, 4) is 0 Å². The Morgan fingerprint density at radius 3 is 2.78 bits per heavy atom. The molecule has 1 aromatic rings. The van der Waals surface area contributed by atoms with Crippen LogP contribution >= 0.6 is 0 Å². The zero-order valence-electron chi connectivity index (χ0n) is 10.8. The largest absolute Gasteiger partial charge is 0.313 e. The van der Waals surface area contributed by atoms with Gasteiger partial charge in [0.25, 0.3) is 0 Å². The second kappa shape index (κ2) is 5.73. The van der Waals surface area contributed by atoms with Crippen LogP contribution in [0.15, 0.2) is 18.6 Å². The molecule has 0 saturated carbocycles. The molecule has 1 aromatic heterocycles. The van der Waals surface area contributed by atoms with Crippen molar-refractivity contribution >= 4 is 0 Å². The minimum absolute atomic E-state index is 0.338. The van der Waals surface area contributed by atoms with Crippen molar-refractivity contribution in [2.24, 2.45) is 0 Å². The SMILES string of the molecule is c1cnc(C2CNCCN2N2CCCCC2)cn1. The molecule has 5 heteroatoms. The van der Waals surface area contributed by atoms with Gasteiger partial charge in [-0.25, -0.2) is 10.0 Å². The van der Waals surface area contributed by atoms with Gasteiger partial charge in [0, 0.05) is 45.1 Å². The highest BCUT2D eigenvalue weighted by molar-refractivity contribution is 5.04. The molecule has 2 fully saturated rings. The molecular formula is C13H21N5. The topological polar surface area (TPSA) is 44.3 Å². The van der Waals surface area contributed by atoms with Crippen LogP contribution in [0.3, 0.4) is 0 Å². The number of hydrogen-bond acceptors (Lipinski definition) is 5. The highest BCUT2D eigenvalue weighted by atomic mass is 15.6. The second-order valence-electron chi connectivity index (χ2n) is 5.03. The third kappa shape index (κ3) is 2.53. The lowest BCUT2D eigenvalue weighted by atomic mass is 10.1. The average molecular weight is 247 g/mol. The fraction of sp³-hybridized carbons (Fsp3) is 0.692. The fourth-order valence-corrected chi connectivity index (χ4v) is 2.91. The highest BCUT2D eigenvalue weighted by Crippen LogP contribution is 2.24. The minimum atomic E-state index is 0.338. The van der Waals surface area contributed by atoms with Crippen molar-refractivity contribution < 1.29 is 0 Å². The van der Waals surface area contributed by atoms with E-state index in [1.165, 1.54) is 32.4 Å². The van der Waals surface area contributed by atoms with Gasteiger partial charge in [-0.15, -0.1) is 0 Å². The summed E-state index contributed by atoms with van der Waals surface area (Å²) in [6.45, 7) is 5.48. The molecule has 1 atom stereocenters. The monoisotopic (exact) mass is 247 g/mol. The van der Waals surface area contributed by atoms with E-state index in [2.05, 4.69) is 25.3 Å². The van der Waals surface area contributed by atoms with E-state index in [1.54, 1.807) is 12.4 Å². The van der Waals surface area contributed by atoms with Gasteiger partial charge in [0.1, 0.15) is 0 Å². The molecule has 5 nitrogen and oxygen atoms in total. The molecule has 0 bridgehead atoms. The zero-order valence-corrected chi connectivity index (χ0v) is 10.8. The van der Waals surface area contributed by atoms with Crippen LogP contribution in [0, 0.1) is 0 Å². The van der Waals surface area contributed by atoms with E-state index >= 15 is 0 Å². The molecule has 2 aliphatic rings. The number of rotatable bonds is 2. The lowest BCUT2D eigenvalue weighted by molar-refractivity contribution is -0.0854. The van der Waals surface area contributed by atoms with Crippen molar-refractivity contribution in [1.29, 1.82) is 0 Å². The van der Waals surface area contributed by atoms with Gasteiger partial charge in [0.2, 0.25) is 0 Å². The van der Waals surface area contributed by atoms with Crippen LogP contribution in [-0.4, -0.2) is 52.7 Å². The average Bonchev–Trinajstić information content (AvgIpc) is 2.49. The first kappa shape index (κ1) is 12.0. The van der Waals surface area contributed by atoms with Crippen LogP contribution in [-0.2, 0) is 0 Å². The number of hydrogen-bond donors (Lipinski definition) is 1. The van der Waals surface area contributed by atoms with Crippen molar-refractivity contribution in [2.45, 2.75) is 25.3 Å². The Labute approximate surface area is 108 Å². The second-order valence-corrected chi connectivity index (χ2v) is 5.03. The van der Waals surface area contributed by atoms with Gasteiger partial charge in [-0.3, -0.25) is 9.97 Å². The van der Waals surface area contributed by atoms with E-state index in [9.17, 15) is 0 Å². The molecule has 1 unspecified atom stereocenters. The van der Waals surface area contributed by atoms with Crippen molar-refractivity contribution in [3.63, 3.8) is 0 Å². The fourth-order valence-electron chi connectivity index (χ4n) is 2.91.